The highest BCUT2D eigenvalue weighted by molar-refractivity contribution is 7.71. The van der Waals surface area contributed by atoms with Crippen molar-refractivity contribution in [3.63, 3.8) is 0 Å². The Morgan fingerprint density at radius 3 is 2.83 bits per heavy atom. The minimum absolute atomic E-state index is 0.0651. The fraction of sp³-hybridized carbons (Fsp3) is 0.250. The standard InChI is InChI=1S/C20H21N5O4S/c1-4-18-22-23-20(30)24(18)21-11-15-9-16(25(26)27)19(17(10-15)28-3)29-12-14-7-5-6-13(2)8-14/h5-11H,4,12H2,1-3H3,(H,23,30)/b21-11-. The van der Waals surface area contributed by atoms with Gasteiger partial charge in [-0.2, -0.15) is 14.9 Å². The van der Waals surface area contributed by atoms with E-state index in [1.165, 1.54) is 24.1 Å². The maximum absolute atomic E-state index is 11.7. The average Bonchev–Trinajstić information content (AvgIpc) is 3.09. The summed E-state index contributed by atoms with van der Waals surface area (Å²) >= 11 is 5.16. The number of nitrogens with zero attached hydrogens (tertiary/aromatic N) is 4. The van der Waals surface area contributed by atoms with Gasteiger partial charge in [-0.1, -0.05) is 36.8 Å². The van der Waals surface area contributed by atoms with Gasteiger partial charge in [0.05, 0.1) is 18.2 Å². The summed E-state index contributed by atoms with van der Waals surface area (Å²) in [7, 11) is 1.43. The summed E-state index contributed by atoms with van der Waals surface area (Å²) in [6, 6.07) is 10.7. The van der Waals surface area contributed by atoms with Gasteiger partial charge in [-0.05, 0) is 30.8 Å². The Labute approximate surface area is 178 Å². The Morgan fingerprint density at radius 2 is 2.17 bits per heavy atom. The van der Waals surface area contributed by atoms with Crippen LogP contribution in [0.15, 0.2) is 41.5 Å². The number of aryl methyl sites for hydroxylation is 2. The molecule has 0 amide bonds. The van der Waals surface area contributed by atoms with Gasteiger partial charge >= 0.3 is 5.69 Å². The van der Waals surface area contributed by atoms with Crippen molar-refractivity contribution < 1.29 is 14.4 Å². The first-order valence-corrected chi connectivity index (χ1v) is 9.59. The molecule has 0 saturated carbocycles. The monoisotopic (exact) mass is 427 g/mol. The van der Waals surface area contributed by atoms with Crippen LogP contribution in [0.2, 0.25) is 0 Å². The fourth-order valence-electron chi connectivity index (χ4n) is 2.87. The number of nitro groups is 1. The van der Waals surface area contributed by atoms with Gasteiger partial charge in [0.15, 0.2) is 11.6 Å². The number of nitrogens with one attached hydrogen (secondary N) is 1. The van der Waals surface area contributed by atoms with Crippen LogP contribution in [-0.2, 0) is 13.0 Å². The van der Waals surface area contributed by atoms with E-state index in [2.05, 4.69) is 15.3 Å². The first kappa shape index (κ1) is 21.2. The Hall–Kier alpha value is -3.53. The molecule has 0 fully saturated rings. The fourth-order valence-corrected chi connectivity index (χ4v) is 3.07. The van der Waals surface area contributed by atoms with Crippen LogP contribution < -0.4 is 9.47 Å². The summed E-state index contributed by atoms with van der Waals surface area (Å²) in [6.45, 7) is 4.07. The van der Waals surface area contributed by atoms with Crippen molar-refractivity contribution in [1.29, 1.82) is 0 Å². The van der Waals surface area contributed by atoms with Gasteiger partial charge in [-0.3, -0.25) is 15.2 Å². The Balaban J connectivity index is 1.95. The molecule has 3 aromatic rings. The lowest BCUT2D eigenvalue weighted by molar-refractivity contribution is -0.386. The zero-order valence-electron chi connectivity index (χ0n) is 16.8. The van der Waals surface area contributed by atoms with Crippen LogP contribution in [0.4, 0.5) is 5.69 Å². The molecule has 1 N–H and O–H groups in total. The molecule has 0 spiro atoms. The third-order valence-electron chi connectivity index (χ3n) is 4.30. The van der Waals surface area contributed by atoms with Crippen LogP contribution in [0.3, 0.4) is 0 Å². The second kappa shape index (κ2) is 9.31. The van der Waals surface area contributed by atoms with Gasteiger partial charge in [0.1, 0.15) is 6.61 Å². The lowest BCUT2D eigenvalue weighted by Gasteiger charge is -2.12. The first-order valence-electron chi connectivity index (χ1n) is 9.18. The summed E-state index contributed by atoms with van der Waals surface area (Å²) in [5.41, 5.74) is 2.23. The molecule has 9 nitrogen and oxygen atoms in total. The molecule has 10 heteroatoms. The largest absolute Gasteiger partial charge is 0.493 e. The predicted octanol–water partition coefficient (Wildman–Crippen LogP) is 4.19. The molecule has 0 aliphatic rings. The highest BCUT2D eigenvalue weighted by Gasteiger charge is 2.22. The number of hydrogen-bond donors (Lipinski definition) is 1. The average molecular weight is 427 g/mol. The molecular weight excluding hydrogens is 406 g/mol. The lowest BCUT2D eigenvalue weighted by atomic mass is 10.1. The van der Waals surface area contributed by atoms with Crippen molar-refractivity contribution in [3.8, 4) is 11.5 Å². The van der Waals surface area contributed by atoms with Crippen molar-refractivity contribution >= 4 is 24.1 Å². The summed E-state index contributed by atoms with van der Waals surface area (Å²) in [4.78, 5) is 11.2. The van der Waals surface area contributed by atoms with E-state index in [1.807, 2.05) is 38.1 Å². The van der Waals surface area contributed by atoms with E-state index in [9.17, 15) is 10.1 Å². The number of rotatable bonds is 8. The molecule has 1 heterocycles. The smallest absolute Gasteiger partial charge is 0.315 e. The van der Waals surface area contributed by atoms with E-state index < -0.39 is 4.92 Å². The third kappa shape index (κ3) is 4.71. The Morgan fingerprint density at radius 1 is 1.37 bits per heavy atom. The quantitative estimate of drug-likeness (QED) is 0.250. The summed E-state index contributed by atoms with van der Waals surface area (Å²) in [6.07, 6.45) is 2.09. The number of aromatic amines is 1. The van der Waals surface area contributed by atoms with Crippen LogP contribution in [0.1, 0.15) is 29.4 Å². The van der Waals surface area contributed by atoms with Crippen LogP contribution >= 0.6 is 12.2 Å². The maximum Gasteiger partial charge on any atom is 0.315 e. The van der Waals surface area contributed by atoms with Crippen molar-refractivity contribution in [1.82, 2.24) is 14.9 Å². The van der Waals surface area contributed by atoms with Crippen LogP contribution in [-0.4, -0.2) is 33.1 Å². The molecule has 0 atom stereocenters. The van der Waals surface area contributed by atoms with E-state index in [0.717, 1.165) is 11.1 Å². The second-order valence-corrected chi connectivity index (χ2v) is 6.85. The zero-order valence-corrected chi connectivity index (χ0v) is 17.6. The lowest BCUT2D eigenvalue weighted by Crippen LogP contribution is -2.03. The molecule has 3 rings (SSSR count). The summed E-state index contributed by atoms with van der Waals surface area (Å²) < 4.78 is 12.9. The second-order valence-electron chi connectivity index (χ2n) is 6.46. The van der Waals surface area contributed by atoms with Gasteiger partial charge in [-0.15, -0.1) is 0 Å². The van der Waals surface area contributed by atoms with Crippen LogP contribution in [0, 0.1) is 21.8 Å². The number of hydrogen-bond acceptors (Lipinski definition) is 7. The van der Waals surface area contributed by atoms with E-state index in [-0.39, 0.29) is 23.8 Å². The molecular formula is C20H21N5O4S. The van der Waals surface area contributed by atoms with Crippen molar-refractivity contribution in [2.24, 2.45) is 5.10 Å². The highest BCUT2D eigenvalue weighted by Crippen LogP contribution is 2.38. The van der Waals surface area contributed by atoms with Gasteiger partial charge in [-0.25, -0.2) is 0 Å². The minimum Gasteiger partial charge on any atom is -0.493 e. The van der Waals surface area contributed by atoms with E-state index in [4.69, 9.17) is 21.7 Å². The predicted molar refractivity (Wildman–Crippen MR) is 115 cm³/mol. The van der Waals surface area contributed by atoms with Gasteiger partial charge in [0.2, 0.25) is 10.5 Å². The highest BCUT2D eigenvalue weighted by atomic mass is 32.1. The van der Waals surface area contributed by atoms with Crippen molar-refractivity contribution in [3.05, 3.63) is 73.8 Å². The number of ether oxygens (including phenoxy) is 2. The van der Waals surface area contributed by atoms with Crippen LogP contribution in [0.25, 0.3) is 0 Å². The van der Waals surface area contributed by atoms with Crippen molar-refractivity contribution in [2.75, 3.05) is 7.11 Å². The number of H-pyrrole nitrogens is 1. The molecule has 0 aliphatic heterocycles. The number of benzene rings is 2. The van der Waals surface area contributed by atoms with Crippen LogP contribution in [0.5, 0.6) is 11.5 Å². The van der Waals surface area contributed by atoms with Gasteiger partial charge in [0.25, 0.3) is 0 Å². The third-order valence-corrected chi connectivity index (χ3v) is 4.56. The summed E-state index contributed by atoms with van der Waals surface area (Å²) in [5.74, 6) is 0.955. The molecule has 0 unspecified atom stereocenters. The van der Waals surface area contributed by atoms with Gasteiger partial charge < -0.3 is 9.47 Å². The zero-order chi connectivity index (χ0) is 21.7. The normalized spacial score (nSPS) is 11.0. The molecule has 0 saturated heterocycles. The number of methoxy groups -OCH3 is 1. The first-order chi connectivity index (χ1) is 14.4. The minimum atomic E-state index is -0.508. The maximum atomic E-state index is 11.7. The Kier molecular flexibility index (Phi) is 6.58. The van der Waals surface area contributed by atoms with Gasteiger partial charge in [0, 0.05) is 18.1 Å². The molecule has 156 valence electrons. The SMILES string of the molecule is CCc1n[nH]c(=S)n1/N=C\c1cc(OC)c(OCc2cccc(C)c2)c([N+](=O)[O-])c1. The topological polar surface area (TPSA) is 108 Å². The van der Waals surface area contributed by atoms with E-state index in [1.54, 1.807) is 6.07 Å². The summed E-state index contributed by atoms with van der Waals surface area (Å²) in [5, 5.41) is 22.7. The molecule has 2 aromatic carbocycles. The van der Waals surface area contributed by atoms with Crippen molar-refractivity contribution in [2.45, 2.75) is 26.9 Å². The number of aromatic nitrogens is 3. The molecule has 0 radical (unpaired) electrons. The molecule has 1 aromatic heterocycles. The molecule has 0 aliphatic carbocycles. The molecule has 0 bridgehead atoms. The Bertz CT molecular complexity index is 1150. The molecule has 30 heavy (non-hydrogen) atoms. The van der Waals surface area contributed by atoms with E-state index in [0.29, 0.717) is 22.6 Å². The van der Waals surface area contributed by atoms with E-state index >= 15 is 0 Å². The number of nitro benzene ring substituents is 1.